The highest BCUT2D eigenvalue weighted by molar-refractivity contribution is 7.92. The zero-order valence-electron chi connectivity index (χ0n) is 11.9. The third kappa shape index (κ3) is 4.33. The van der Waals surface area contributed by atoms with Gasteiger partial charge in [0.05, 0.1) is 19.1 Å². The van der Waals surface area contributed by atoms with Crippen LogP contribution in [0.1, 0.15) is 12.8 Å². The van der Waals surface area contributed by atoms with Crippen LogP contribution in [0, 0.1) is 0 Å². The molecule has 0 radical (unpaired) electrons. The molecule has 1 aliphatic rings. The summed E-state index contributed by atoms with van der Waals surface area (Å²) in [6.45, 7) is 0.585. The molecule has 1 atom stereocenters. The minimum absolute atomic E-state index is 0.233. The summed E-state index contributed by atoms with van der Waals surface area (Å²) in [5, 5.41) is 2.71. The van der Waals surface area contributed by atoms with E-state index in [0.717, 1.165) is 12.7 Å². The summed E-state index contributed by atoms with van der Waals surface area (Å²) < 4.78 is 35.4. The van der Waals surface area contributed by atoms with E-state index < -0.39 is 16.1 Å². The lowest BCUT2D eigenvalue weighted by Crippen LogP contribution is -2.26. The smallest absolute Gasteiger partial charge is 0.253 e. The molecule has 7 nitrogen and oxygen atoms in total. The van der Waals surface area contributed by atoms with Gasteiger partial charge in [-0.3, -0.25) is 9.52 Å². The van der Waals surface area contributed by atoms with E-state index in [9.17, 15) is 13.2 Å². The second-order valence-electron chi connectivity index (χ2n) is 4.78. The number of hydrogen-bond donors (Lipinski definition) is 2. The van der Waals surface area contributed by atoms with E-state index in [0.29, 0.717) is 24.5 Å². The van der Waals surface area contributed by atoms with Crippen LogP contribution in [0.4, 0.5) is 11.4 Å². The van der Waals surface area contributed by atoms with E-state index in [-0.39, 0.29) is 11.6 Å². The molecule has 0 aliphatic carbocycles. The molecule has 1 fully saturated rings. The van der Waals surface area contributed by atoms with Crippen LogP contribution in [0.5, 0.6) is 5.75 Å². The van der Waals surface area contributed by atoms with Crippen LogP contribution in [-0.2, 0) is 19.6 Å². The number of anilines is 2. The van der Waals surface area contributed by atoms with Crippen molar-refractivity contribution in [3.8, 4) is 5.75 Å². The second kappa shape index (κ2) is 6.31. The first-order valence-corrected chi connectivity index (χ1v) is 8.36. The number of sulfonamides is 1. The number of ether oxygens (including phenoxy) is 2. The number of carbonyl (C=O) groups excluding carboxylic acids is 1. The average molecular weight is 314 g/mol. The Morgan fingerprint density at radius 1 is 1.43 bits per heavy atom. The van der Waals surface area contributed by atoms with Gasteiger partial charge >= 0.3 is 0 Å². The molecule has 1 unspecified atom stereocenters. The minimum Gasteiger partial charge on any atom is -0.495 e. The summed E-state index contributed by atoms with van der Waals surface area (Å²) in [7, 11) is -2.00. The van der Waals surface area contributed by atoms with Crippen molar-refractivity contribution in [2.24, 2.45) is 0 Å². The van der Waals surface area contributed by atoms with Crippen LogP contribution in [0.15, 0.2) is 18.2 Å². The molecular weight excluding hydrogens is 296 g/mol. The van der Waals surface area contributed by atoms with Gasteiger partial charge in [-0.05, 0) is 31.0 Å². The SMILES string of the molecule is COc1ccc(NC(=O)C2CCCO2)cc1NS(C)(=O)=O. The lowest BCUT2D eigenvalue weighted by atomic mass is 10.2. The summed E-state index contributed by atoms with van der Waals surface area (Å²) >= 11 is 0. The molecule has 2 rings (SSSR count). The Morgan fingerprint density at radius 3 is 2.76 bits per heavy atom. The largest absolute Gasteiger partial charge is 0.495 e. The standard InChI is InChI=1S/C13H18N2O5S/c1-19-11-6-5-9(8-10(11)15-21(2,17)18)14-13(16)12-4-3-7-20-12/h5-6,8,12,15H,3-4,7H2,1-2H3,(H,14,16). The number of hydrogen-bond acceptors (Lipinski definition) is 5. The zero-order chi connectivity index (χ0) is 15.5. The molecule has 2 N–H and O–H groups in total. The Labute approximate surface area is 123 Å². The normalized spacial score (nSPS) is 18.3. The summed E-state index contributed by atoms with van der Waals surface area (Å²) in [4.78, 5) is 12.0. The molecular formula is C13H18N2O5S. The minimum atomic E-state index is -3.44. The predicted octanol–water partition coefficient (Wildman–Crippen LogP) is 1.18. The molecule has 0 spiro atoms. The number of rotatable bonds is 5. The molecule has 116 valence electrons. The fourth-order valence-corrected chi connectivity index (χ4v) is 2.63. The molecule has 1 amide bonds. The van der Waals surface area contributed by atoms with Gasteiger partial charge in [0.25, 0.3) is 5.91 Å². The van der Waals surface area contributed by atoms with Gasteiger partial charge in [-0.2, -0.15) is 0 Å². The van der Waals surface area contributed by atoms with Crippen LogP contribution in [-0.4, -0.2) is 40.4 Å². The molecule has 8 heteroatoms. The van der Waals surface area contributed by atoms with Gasteiger partial charge in [0.2, 0.25) is 10.0 Å². The van der Waals surface area contributed by atoms with Crippen molar-refractivity contribution in [1.82, 2.24) is 0 Å². The van der Waals surface area contributed by atoms with Gasteiger partial charge < -0.3 is 14.8 Å². The van der Waals surface area contributed by atoms with Crippen molar-refractivity contribution in [1.29, 1.82) is 0 Å². The van der Waals surface area contributed by atoms with Gasteiger partial charge in [0, 0.05) is 12.3 Å². The van der Waals surface area contributed by atoms with Crippen LogP contribution >= 0.6 is 0 Å². The predicted molar refractivity (Wildman–Crippen MR) is 79.1 cm³/mol. The quantitative estimate of drug-likeness (QED) is 0.851. The second-order valence-corrected chi connectivity index (χ2v) is 6.53. The van der Waals surface area contributed by atoms with Crippen molar-refractivity contribution in [3.63, 3.8) is 0 Å². The molecule has 0 saturated carbocycles. The molecule has 1 aromatic rings. The lowest BCUT2D eigenvalue weighted by molar-refractivity contribution is -0.124. The fraction of sp³-hybridized carbons (Fsp3) is 0.462. The third-order valence-corrected chi connectivity index (χ3v) is 3.58. The van der Waals surface area contributed by atoms with Crippen LogP contribution in [0.3, 0.4) is 0 Å². The molecule has 1 saturated heterocycles. The highest BCUT2D eigenvalue weighted by Crippen LogP contribution is 2.29. The van der Waals surface area contributed by atoms with Gasteiger partial charge in [0.15, 0.2) is 0 Å². The third-order valence-electron chi connectivity index (χ3n) is 2.98. The maximum absolute atomic E-state index is 12.0. The van der Waals surface area contributed by atoms with E-state index in [1.54, 1.807) is 12.1 Å². The van der Waals surface area contributed by atoms with Crippen molar-refractivity contribution in [2.75, 3.05) is 30.0 Å². The van der Waals surface area contributed by atoms with Crippen LogP contribution in [0.2, 0.25) is 0 Å². The summed E-state index contributed by atoms with van der Waals surface area (Å²) in [5.74, 6) is 0.138. The van der Waals surface area contributed by atoms with E-state index in [2.05, 4.69) is 10.0 Å². The van der Waals surface area contributed by atoms with E-state index in [4.69, 9.17) is 9.47 Å². The number of benzene rings is 1. The first kappa shape index (κ1) is 15.6. The first-order chi connectivity index (χ1) is 9.89. The van der Waals surface area contributed by atoms with Crippen molar-refractivity contribution < 1.29 is 22.7 Å². The molecule has 1 aromatic carbocycles. The van der Waals surface area contributed by atoms with Crippen molar-refractivity contribution >= 4 is 27.3 Å². The Kier molecular flexibility index (Phi) is 4.69. The average Bonchev–Trinajstić information content (AvgIpc) is 2.91. The Balaban J connectivity index is 2.16. The van der Waals surface area contributed by atoms with Gasteiger partial charge in [-0.15, -0.1) is 0 Å². The van der Waals surface area contributed by atoms with Gasteiger partial charge in [0.1, 0.15) is 11.9 Å². The molecule has 21 heavy (non-hydrogen) atoms. The fourth-order valence-electron chi connectivity index (χ4n) is 2.07. The maximum Gasteiger partial charge on any atom is 0.253 e. The number of amides is 1. The summed E-state index contributed by atoms with van der Waals surface area (Å²) in [6, 6.07) is 4.73. The Morgan fingerprint density at radius 2 is 2.19 bits per heavy atom. The van der Waals surface area contributed by atoms with Gasteiger partial charge in [-0.1, -0.05) is 0 Å². The van der Waals surface area contributed by atoms with E-state index >= 15 is 0 Å². The molecule has 1 aliphatic heterocycles. The highest BCUT2D eigenvalue weighted by atomic mass is 32.2. The molecule has 0 bridgehead atoms. The maximum atomic E-state index is 12.0. The Bertz CT molecular complexity index is 623. The number of methoxy groups -OCH3 is 1. The van der Waals surface area contributed by atoms with E-state index in [1.807, 2.05) is 0 Å². The summed E-state index contributed by atoms with van der Waals surface area (Å²) in [6.07, 6.45) is 2.15. The molecule has 0 aromatic heterocycles. The van der Waals surface area contributed by atoms with E-state index in [1.165, 1.54) is 13.2 Å². The van der Waals surface area contributed by atoms with Gasteiger partial charge in [-0.25, -0.2) is 8.42 Å². The van der Waals surface area contributed by atoms with Crippen molar-refractivity contribution in [3.05, 3.63) is 18.2 Å². The highest BCUT2D eigenvalue weighted by Gasteiger charge is 2.23. The topological polar surface area (TPSA) is 93.7 Å². The molecule has 1 heterocycles. The Hall–Kier alpha value is -1.80. The summed E-state index contributed by atoms with van der Waals surface area (Å²) in [5.41, 5.74) is 0.743. The lowest BCUT2D eigenvalue weighted by Gasteiger charge is -2.14. The van der Waals surface area contributed by atoms with Crippen molar-refractivity contribution in [2.45, 2.75) is 18.9 Å². The number of nitrogens with one attached hydrogen (secondary N) is 2. The number of carbonyl (C=O) groups is 1. The monoisotopic (exact) mass is 314 g/mol. The van der Waals surface area contributed by atoms with Crippen LogP contribution < -0.4 is 14.8 Å². The zero-order valence-corrected chi connectivity index (χ0v) is 12.7. The van der Waals surface area contributed by atoms with Crippen LogP contribution in [0.25, 0.3) is 0 Å². The first-order valence-electron chi connectivity index (χ1n) is 6.47.